The van der Waals surface area contributed by atoms with E-state index in [1.165, 1.54) is 0 Å². The first kappa shape index (κ1) is 19.4. The minimum absolute atomic E-state index is 0.00266. The molecule has 0 bridgehead atoms. The van der Waals surface area contributed by atoms with Gasteiger partial charge in [0, 0.05) is 25.1 Å². The van der Waals surface area contributed by atoms with Gasteiger partial charge in [-0.1, -0.05) is 36.4 Å². The lowest BCUT2D eigenvalue weighted by atomic mass is 10.0. The Morgan fingerprint density at radius 3 is 2.43 bits per heavy atom. The lowest BCUT2D eigenvalue weighted by Gasteiger charge is -2.29. The molecule has 3 rings (SSSR count). The number of hydrogen-bond donors (Lipinski definition) is 2. The van der Waals surface area contributed by atoms with Crippen LogP contribution in [0.1, 0.15) is 24.8 Å². The number of nitrogens with zero attached hydrogens (tertiary/aromatic N) is 1. The van der Waals surface area contributed by atoms with Gasteiger partial charge in [-0.2, -0.15) is 0 Å². The number of nitrogens with one attached hydrogen (secondary N) is 2. The molecule has 146 valence electrons. The molecule has 0 saturated heterocycles. The monoisotopic (exact) mass is 381 g/mol. The number of aryl methyl sites for hydroxylation is 1. The summed E-state index contributed by atoms with van der Waals surface area (Å²) in [6.45, 7) is 0.443. The number of anilines is 1. The molecule has 2 aromatic carbocycles. The van der Waals surface area contributed by atoms with Crippen LogP contribution < -0.4 is 20.5 Å². The number of carbonyl (C=O) groups excluding carboxylic acids is 3. The molecule has 0 saturated carbocycles. The molecule has 2 aromatic rings. The Balaban J connectivity index is 1.38. The molecule has 1 heterocycles. The number of amides is 3. The lowest BCUT2D eigenvalue weighted by molar-refractivity contribution is -0.130. The molecule has 0 unspecified atom stereocenters. The van der Waals surface area contributed by atoms with Gasteiger partial charge in [0.05, 0.1) is 0 Å². The number of para-hydroxylation sites is 2. The summed E-state index contributed by atoms with van der Waals surface area (Å²) in [5.41, 5.74) is 6.66. The Hall–Kier alpha value is -3.35. The Morgan fingerprint density at radius 1 is 0.893 bits per heavy atom. The second-order valence-corrected chi connectivity index (χ2v) is 6.48. The molecular formula is C21H23N3O4. The van der Waals surface area contributed by atoms with E-state index in [9.17, 15) is 14.4 Å². The van der Waals surface area contributed by atoms with Gasteiger partial charge >= 0.3 is 0 Å². The predicted molar refractivity (Wildman–Crippen MR) is 105 cm³/mol. The topological polar surface area (TPSA) is 87.7 Å². The van der Waals surface area contributed by atoms with E-state index in [1.807, 2.05) is 30.3 Å². The van der Waals surface area contributed by atoms with Gasteiger partial charge in [-0.25, -0.2) is 0 Å². The van der Waals surface area contributed by atoms with E-state index < -0.39 is 11.8 Å². The van der Waals surface area contributed by atoms with Crippen molar-refractivity contribution in [3.63, 3.8) is 0 Å². The molecule has 0 fully saturated rings. The zero-order chi connectivity index (χ0) is 19.8. The smallest absolute Gasteiger partial charge is 0.276 e. The largest absolute Gasteiger partial charge is 0.484 e. The van der Waals surface area contributed by atoms with Crippen LogP contribution in [0.3, 0.4) is 0 Å². The van der Waals surface area contributed by atoms with Gasteiger partial charge in [-0.3, -0.25) is 25.2 Å². The lowest BCUT2D eigenvalue weighted by Crippen LogP contribution is -2.44. The van der Waals surface area contributed by atoms with Crippen LogP contribution in [0.15, 0.2) is 54.6 Å². The predicted octanol–water partition coefficient (Wildman–Crippen LogP) is 1.97. The van der Waals surface area contributed by atoms with Gasteiger partial charge in [0.25, 0.3) is 5.91 Å². The van der Waals surface area contributed by atoms with E-state index in [1.54, 1.807) is 29.2 Å². The van der Waals surface area contributed by atoms with Gasteiger partial charge in [0.15, 0.2) is 6.61 Å². The third-order valence-electron chi connectivity index (χ3n) is 4.43. The van der Waals surface area contributed by atoms with Crippen molar-refractivity contribution in [2.45, 2.75) is 25.7 Å². The van der Waals surface area contributed by atoms with Gasteiger partial charge in [-0.05, 0) is 36.6 Å². The van der Waals surface area contributed by atoms with E-state index in [4.69, 9.17) is 4.74 Å². The molecule has 1 aliphatic rings. The highest BCUT2D eigenvalue weighted by molar-refractivity contribution is 5.96. The summed E-state index contributed by atoms with van der Waals surface area (Å²) in [4.78, 5) is 37.9. The van der Waals surface area contributed by atoms with Crippen LogP contribution in [-0.4, -0.2) is 30.9 Å². The maximum Gasteiger partial charge on any atom is 0.276 e. The SMILES string of the molecule is O=C(CCC(=O)N1CCCc2ccccc21)NNC(=O)COc1ccccc1. The van der Waals surface area contributed by atoms with E-state index in [0.29, 0.717) is 12.3 Å². The van der Waals surface area contributed by atoms with Crippen LogP contribution in [-0.2, 0) is 20.8 Å². The van der Waals surface area contributed by atoms with E-state index >= 15 is 0 Å². The molecule has 0 spiro atoms. The second-order valence-electron chi connectivity index (χ2n) is 6.48. The fraction of sp³-hybridized carbons (Fsp3) is 0.286. The standard InChI is InChI=1S/C21H23N3O4/c25-19(22-23-20(26)15-28-17-9-2-1-3-10-17)12-13-21(27)24-14-6-8-16-7-4-5-11-18(16)24/h1-5,7,9-11H,6,8,12-15H2,(H,22,25)(H,23,26). The minimum Gasteiger partial charge on any atom is -0.484 e. The normalized spacial score (nSPS) is 12.6. The summed E-state index contributed by atoms with van der Waals surface area (Å²) in [6, 6.07) is 16.7. The van der Waals surface area contributed by atoms with E-state index in [2.05, 4.69) is 10.9 Å². The first-order valence-electron chi connectivity index (χ1n) is 9.27. The van der Waals surface area contributed by atoms with Crippen molar-refractivity contribution in [3.8, 4) is 5.75 Å². The highest BCUT2D eigenvalue weighted by Gasteiger charge is 2.22. The van der Waals surface area contributed by atoms with Crippen LogP contribution in [0.2, 0.25) is 0 Å². The molecule has 0 aliphatic carbocycles. The first-order chi connectivity index (χ1) is 13.6. The first-order valence-corrected chi connectivity index (χ1v) is 9.27. The Bertz CT molecular complexity index is 839. The van der Waals surface area contributed by atoms with Crippen molar-refractivity contribution in [3.05, 3.63) is 60.2 Å². The zero-order valence-electron chi connectivity index (χ0n) is 15.5. The van der Waals surface area contributed by atoms with Gasteiger partial charge < -0.3 is 9.64 Å². The number of fused-ring (bicyclic) bond motifs is 1. The van der Waals surface area contributed by atoms with Crippen molar-refractivity contribution in [1.29, 1.82) is 0 Å². The molecule has 1 aliphatic heterocycles. The summed E-state index contributed by atoms with van der Waals surface area (Å²) in [6.07, 6.45) is 1.94. The van der Waals surface area contributed by atoms with Crippen molar-refractivity contribution in [2.75, 3.05) is 18.1 Å². The number of carbonyl (C=O) groups is 3. The molecule has 28 heavy (non-hydrogen) atoms. The van der Waals surface area contributed by atoms with Crippen LogP contribution in [0.25, 0.3) is 0 Å². The number of benzene rings is 2. The summed E-state index contributed by atoms with van der Waals surface area (Å²) in [7, 11) is 0. The van der Waals surface area contributed by atoms with Gasteiger partial charge in [0.2, 0.25) is 11.8 Å². The maximum absolute atomic E-state index is 12.5. The van der Waals surface area contributed by atoms with Gasteiger partial charge in [0.1, 0.15) is 5.75 Å². The quantitative estimate of drug-likeness (QED) is 0.749. The third-order valence-corrected chi connectivity index (χ3v) is 4.43. The van der Waals surface area contributed by atoms with Crippen molar-refractivity contribution in [1.82, 2.24) is 10.9 Å². The minimum atomic E-state index is -0.478. The average Bonchev–Trinajstić information content (AvgIpc) is 2.74. The van der Waals surface area contributed by atoms with Gasteiger partial charge in [-0.15, -0.1) is 0 Å². The molecular weight excluding hydrogens is 358 g/mol. The van der Waals surface area contributed by atoms with Crippen LogP contribution in [0, 0.1) is 0 Å². The molecule has 2 N–H and O–H groups in total. The van der Waals surface area contributed by atoms with Crippen molar-refractivity contribution >= 4 is 23.4 Å². The number of hydrazine groups is 1. The second kappa shape index (κ2) is 9.55. The van der Waals surface area contributed by atoms with E-state index in [0.717, 1.165) is 24.1 Å². The summed E-state index contributed by atoms with van der Waals surface area (Å²) in [5.74, 6) is -0.433. The molecule has 0 aromatic heterocycles. The average molecular weight is 381 g/mol. The molecule has 7 heteroatoms. The van der Waals surface area contributed by atoms with Crippen LogP contribution >= 0.6 is 0 Å². The van der Waals surface area contributed by atoms with Crippen molar-refractivity contribution < 1.29 is 19.1 Å². The highest BCUT2D eigenvalue weighted by Crippen LogP contribution is 2.27. The Kier molecular flexibility index (Phi) is 6.62. The molecule has 7 nitrogen and oxygen atoms in total. The number of ether oxygens (including phenoxy) is 1. The van der Waals surface area contributed by atoms with Crippen LogP contribution in [0.4, 0.5) is 5.69 Å². The van der Waals surface area contributed by atoms with Crippen molar-refractivity contribution in [2.24, 2.45) is 0 Å². The summed E-state index contributed by atoms with van der Waals surface area (Å²) < 4.78 is 5.29. The number of rotatable bonds is 6. The molecule has 0 atom stereocenters. The Labute approximate surface area is 163 Å². The molecule has 0 radical (unpaired) electrons. The fourth-order valence-electron chi connectivity index (χ4n) is 3.05. The fourth-order valence-corrected chi connectivity index (χ4v) is 3.05. The zero-order valence-corrected chi connectivity index (χ0v) is 15.5. The highest BCUT2D eigenvalue weighted by atomic mass is 16.5. The maximum atomic E-state index is 12.5. The van der Waals surface area contributed by atoms with Crippen LogP contribution in [0.5, 0.6) is 5.75 Å². The summed E-state index contributed by atoms with van der Waals surface area (Å²) in [5, 5.41) is 0. The number of hydrogen-bond acceptors (Lipinski definition) is 4. The summed E-state index contributed by atoms with van der Waals surface area (Å²) >= 11 is 0. The van der Waals surface area contributed by atoms with E-state index in [-0.39, 0.29) is 25.4 Å². The molecule has 3 amide bonds. The third kappa shape index (κ3) is 5.33. The Morgan fingerprint density at radius 2 is 1.61 bits per heavy atom.